The summed E-state index contributed by atoms with van der Waals surface area (Å²) in [7, 11) is -1.12. The average molecular weight is 598 g/mol. The first-order valence-corrected chi connectivity index (χ1v) is 17.6. The highest BCUT2D eigenvalue weighted by molar-refractivity contribution is 8.33. The van der Waals surface area contributed by atoms with Gasteiger partial charge in [-0.2, -0.15) is 10.0 Å². The molecule has 3 nitrogen and oxygen atoms in total. The Morgan fingerprint density at radius 1 is 0.333 bits per heavy atom. The predicted molar refractivity (Wildman–Crippen MR) is 188 cm³/mol. The van der Waals surface area contributed by atoms with Crippen LogP contribution in [0.3, 0.4) is 0 Å². The summed E-state index contributed by atoms with van der Waals surface area (Å²) < 4.78 is 0. The molecule has 7 aromatic rings. The minimum atomic E-state index is -1.12. The van der Waals surface area contributed by atoms with E-state index in [1.165, 1.54) is 32.0 Å². The third-order valence-corrected chi connectivity index (χ3v) is 11.5. The van der Waals surface area contributed by atoms with Gasteiger partial charge in [-0.05, 0) is 58.0 Å². The lowest BCUT2D eigenvalue weighted by Gasteiger charge is -2.28. The lowest BCUT2D eigenvalue weighted by Crippen LogP contribution is -2.01. The highest BCUT2D eigenvalue weighted by atomic mass is 32.3. The van der Waals surface area contributed by atoms with E-state index in [0.29, 0.717) is 17.5 Å². The van der Waals surface area contributed by atoms with Crippen molar-refractivity contribution in [1.82, 2.24) is 15.0 Å². The van der Waals surface area contributed by atoms with Crippen LogP contribution in [-0.2, 0) is 0 Å². The fraction of sp³-hybridized carbons (Fsp3) is 0.0488. The quantitative estimate of drug-likeness (QED) is 0.198. The minimum Gasteiger partial charge on any atom is -0.208 e. The van der Waals surface area contributed by atoms with Gasteiger partial charge in [-0.15, -0.1) is 0 Å². The first-order chi connectivity index (χ1) is 22.1. The van der Waals surface area contributed by atoms with E-state index in [1.54, 1.807) is 0 Å². The normalized spacial score (nSPS) is 13.6. The summed E-state index contributed by atoms with van der Waals surface area (Å²) in [5, 5.41) is 0. The van der Waals surface area contributed by atoms with Crippen LogP contribution in [0.5, 0.6) is 0 Å². The second-order valence-corrected chi connectivity index (χ2v) is 15.2. The summed E-state index contributed by atoms with van der Waals surface area (Å²) in [6.45, 7) is 0. The molecule has 0 bridgehead atoms. The molecule has 1 aliphatic rings. The molecule has 0 radical (unpaired) electrons. The van der Waals surface area contributed by atoms with Crippen molar-refractivity contribution in [2.75, 3.05) is 12.5 Å². The summed E-state index contributed by atoms with van der Waals surface area (Å²) >= 11 is 0. The molecule has 1 aliphatic heterocycles. The Bertz CT molecular complexity index is 2170. The number of hydrogen-bond donors (Lipinski definition) is 0. The lowest BCUT2D eigenvalue weighted by atomic mass is 9.96. The van der Waals surface area contributed by atoms with Gasteiger partial charge in [0.05, 0.1) is 0 Å². The Morgan fingerprint density at radius 3 is 1.47 bits per heavy atom. The maximum atomic E-state index is 5.10. The third-order valence-electron chi connectivity index (χ3n) is 8.66. The van der Waals surface area contributed by atoms with E-state index >= 15 is 0 Å². The van der Waals surface area contributed by atoms with Crippen molar-refractivity contribution in [1.29, 1.82) is 0 Å². The molecule has 0 aliphatic carbocycles. The smallest absolute Gasteiger partial charge is 0.164 e. The van der Waals surface area contributed by atoms with Gasteiger partial charge in [0.25, 0.3) is 0 Å². The van der Waals surface area contributed by atoms with Gasteiger partial charge >= 0.3 is 0 Å². The third kappa shape index (κ3) is 4.84. The van der Waals surface area contributed by atoms with Gasteiger partial charge in [-0.3, -0.25) is 0 Å². The largest absolute Gasteiger partial charge is 0.208 e. The zero-order chi connectivity index (χ0) is 30.4. The Hall–Kier alpha value is -5.32. The first-order valence-electron chi connectivity index (χ1n) is 15.1. The standard InChI is InChI=1S/C41H31N3S/c1-45(2)37-20-12-11-18-34(37)35-26-25-32(27-38(35)45)33-17-9-10-19-36(33)41-43-39(30-15-7-4-8-16-30)42-40(44-41)31-23-21-29(22-24-31)28-13-5-3-6-14-28/h3-27H,1-2H3. The van der Waals surface area contributed by atoms with E-state index in [1.807, 2.05) is 24.3 Å². The second kappa shape index (κ2) is 11.0. The van der Waals surface area contributed by atoms with Crippen LogP contribution in [0, 0.1) is 0 Å². The summed E-state index contributed by atoms with van der Waals surface area (Å²) in [6, 6.07) is 53.3. The van der Waals surface area contributed by atoms with Crippen LogP contribution in [0.2, 0.25) is 0 Å². The van der Waals surface area contributed by atoms with E-state index in [-0.39, 0.29) is 0 Å². The monoisotopic (exact) mass is 597 g/mol. The highest BCUT2D eigenvalue weighted by Crippen LogP contribution is 2.67. The Morgan fingerprint density at radius 2 is 0.778 bits per heavy atom. The van der Waals surface area contributed by atoms with Crippen LogP contribution >= 0.6 is 10.0 Å². The Kier molecular flexibility index (Phi) is 6.66. The maximum absolute atomic E-state index is 5.10. The molecule has 0 atom stereocenters. The molecule has 216 valence electrons. The van der Waals surface area contributed by atoms with Crippen LogP contribution in [0.25, 0.3) is 67.5 Å². The minimum absolute atomic E-state index is 0.656. The van der Waals surface area contributed by atoms with E-state index in [2.05, 4.69) is 140 Å². The molecular weight excluding hydrogens is 567 g/mol. The molecule has 2 heterocycles. The summed E-state index contributed by atoms with van der Waals surface area (Å²) in [5.41, 5.74) is 10.2. The molecule has 1 aromatic heterocycles. The number of fused-ring (bicyclic) bond motifs is 3. The van der Waals surface area contributed by atoms with Crippen molar-refractivity contribution in [2.24, 2.45) is 0 Å². The van der Waals surface area contributed by atoms with E-state index in [0.717, 1.165) is 27.8 Å². The molecule has 0 spiro atoms. The van der Waals surface area contributed by atoms with Gasteiger partial charge < -0.3 is 0 Å². The SMILES string of the molecule is CS1(C)c2ccccc2-c2ccc(-c3ccccc3-c3nc(-c4ccccc4)nc(-c4ccc(-c5ccccc5)cc4)n3)cc21. The van der Waals surface area contributed by atoms with Crippen LogP contribution in [-0.4, -0.2) is 27.5 Å². The number of nitrogens with zero attached hydrogens (tertiary/aromatic N) is 3. The topological polar surface area (TPSA) is 38.7 Å². The average Bonchev–Trinajstić information content (AvgIpc) is 3.34. The molecule has 0 amide bonds. The van der Waals surface area contributed by atoms with Gasteiger partial charge in [-0.25, -0.2) is 15.0 Å². The number of hydrogen-bond acceptors (Lipinski definition) is 3. The molecule has 0 fully saturated rings. The zero-order valence-corrected chi connectivity index (χ0v) is 26.0. The molecule has 8 rings (SSSR count). The maximum Gasteiger partial charge on any atom is 0.164 e. The van der Waals surface area contributed by atoms with Crippen molar-refractivity contribution in [3.8, 4) is 67.5 Å². The van der Waals surface area contributed by atoms with Crippen LogP contribution in [0.4, 0.5) is 0 Å². The Balaban J connectivity index is 1.26. The summed E-state index contributed by atoms with van der Waals surface area (Å²) in [5.74, 6) is 1.98. The van der Waals surface area contributed by atoms with Crippen molar-refractivity contribution < 1.29 is 0 Å². The molecule has 0 unspecified atom stereocenters. The predicted octanol–water partition coefficient (Wildman–Crippen LogP) is 10.7. The van der Waals surface area contributed by atoms with Crippen LogP contribution < -0.4 is 0 Å². The van der Waals surface area contributed by atoms with Gasteiger partial charge in [0.1, 0.15) is 0 Å². The molecular formula is C41H31N3S. The fourth-order valence-electron chi connectivity index (χ4n) is 6.30. The van der Waals surface area contributed by atoms with Gasteiger partial charge in [0.15, 0.2) is 17.5 Å². The number of rotatable bonds is 5. The molecule has 6 aromatic carbocycles. The Labute approximate surface area is 265 Å². The van der Waals surface area contributed by atoms with E-state index in [4.69, 9.17) is 15.0 Å². The van der Waals surface area contributed by atoms with Crippen LogP contribution in [0.1, 0.15) is 0 Å². The lowest BCUT2D eigenvalue weighted by molar-refractivity contribution is 1.07. The van der Waals surface area contributed by atoms with Gasteiger partial charge in [-0.1, -0.05) is 140 Å². The van der Waals surface area contributed by atoms with E-state index < -0.39 is 10.0 Å². The zero-order valence-electron chi connectivity index (χ0n) is 25.2. The van der Waals surface area contributed by atoms with Crippen molar-refractivity contribution in [3.05, 3.63) is 152 Å². The molecule has 0 saturated carbocycles. The fourth-order valence-corrected chi connectivity index (χ4v) is 8.83. The number of aromatic nitrogens is 3. The molecule has 0 saturated heterocycles. The molecule has 45 heavy (non-hydrogen) atoms. The molecule has 4 heteroatoms. The van der Waals surface area contributed by atoms with Crippen molar-refractivity contribution in [2.45, 2.75) is 9.79 Å². The summed E-state index contributed by atoms with van der Waals surface area (Å²) in [4.78, 5) is 18.0. The van der Waals surface area contributed by atoms with Gasteiger partial charge in [0.2, 0.25) is 0 Å². The van der Waals surface area contributed by atoms with Crippen molar-refractivity contribution >= 4 is 10.0 Å². The van der Waals surface area contributed by atoms with Crippen LogP contribution in [0.15, 0.2) is 161 Å². The van der Waals surface area contributed by atoms with Gasteiger partial charge in [0, 0.05) is 26.5 Å². The first kappa shape index (κ1) is 27.2. The highest BCUT2D eigenvalue weighted by Gasteiger charge is 2.31. The second-order valence-electron chi connectivity index (χ2n) is 11.7. The summed E-state index contributed by atoms with van der Waals surface area (Å²) in [6.07, 6.45) is 4.81. The van der Waals surface area contributed by atoms with E-state index in [9.17, 15) is 0 Å². The van der Waals surface area contributed by atoms with Crippen molar-refractivity contribution in [3.63, 3.8) is 0 Å². The number of benzene rings is 6. The molecule has 0 N–H and O–H groups in total.